The summed E-state index contributed by atoms with van der Waals surface area (Å²) in [5.74, 6) is 0.430. The molecule has 0 bridgehead atoms. The lowest BCUT2D eigenvalue weighted by Crippen LogP contribution is -2.51. The number of hydrogen-bond acceptors (Lipinski definition) is 5. The molecule has 0 radical (unpaired) electrons. The van der Waals surface area contributed by atoms with E-state index < -0.39 is 11.7 Å². The van der Waals surface area contributed by atoms with Gasteiger partial charge < -0.3 is 5.73 Å². The minimum absolute atomic E-state index is 0. The first-order chi connectivity index (χ1) is 20.6. The zero-order valence-electron chi connectivity index (χ0n) is 23.5. The lowest BCUT2D eigenvalue weighted by Gasteiger charge is -2.41. The molecule has 5 aromatic rings. The van der Waals surface area contributed by atoms with Crippen molar-refractivity contribution < 1.29 is 4.79 Å². The van der Waals surface area contributed by atoms with Crippen LogP contribution in [0.25, 0.3) is 11.1 Å². The maximum absolute atomic E-state index is 15.1. The Bertz CT molecular complexity index is 1770. The number of nitrogens with two attached hydrogens (primary N) is 1. The Hall–Kier alpha value is -5.20. The van der Waals surface area contributed by atoms with Crippen molar-refractivity contribution in [2.75, 3.05) is 4.90 Å². The van der Waals surface area contributed by atoms with Crippen molar-refractivity contribution in [3.05, 3.63) is 162 Å². The summed E-state index contributed by atoms with van der Waals surface area (Å²) in [4.78, 5) is 28.4. The van der Waals surface area contributed by atoms with Crippen molar-refractivity contribution in [2.45, 2.75) is 18.6 Å². The van der Waals surface area contributed by atoms with Crippen molar-refractivity contribution >= 4 is 35.9 Å². The summed E-state index contributed by atoms with van der Waals surface area (Å²) in [5.41, 5.74) is 11.8. The van der Waals surface area contributed by atoms with Gasteiger partial charge in [-0.2, -0.15) is 4.99 Å². The van der Waals surface area contributed by atoms with Gasteiger partial charge in [-0.25, -0.2) is 9.89 Å². The van der Waals surface area contributed by atoms with E-state index in [4.69, 9.17) is 15.7 Å². The van der Waals surface area contributed by atoms with Crippen molar-refractivity contribution in [3.8, 4) is 11.1 Å². The number of aliphatic imine (C=N–C) groups is 2. The van der Waals surface area contributed by atoms with E-state index in [0.29, 0.717) is 5.96 Å². The SMILES string of the molecule is Cc1ccc(N2C(=O)C(c3ccccc3)(c3ccccc3)N3C2=NC(N)=NC3c2ccc(-c3ccccc3)cc2)cc1.Cl. The molecular formula is C36H30ClN5O. The van der Waals surface area contributed by atoms with Crippen LogP contribution in [0.4, 0.5) is 5.69 Å². The number of halogens is 1. The molecule has 1 fully saturated rings. The van der Waals surface area contributed by atoms with E-state index in [-0.39, 0.29) is 24.3 Å². The Kier molecular flexibility index (Phi) is 7.30. The van der Waals surface area contributed by atoms with Gasteiger partial charge in [-0.05, 0) is 46.9 Å². The van der Waals surface area contributed by atoms with Gasteiger partial charge in [-0.15, -0.1) is 12.4 Å². The van der Waals surface area contributed by atoms with Crippen LogP contribution in [0.15, 0.2) is 150 Å². The molecule has 2 aliphatic heterocycles. The smallest absolute Gasteiger partial charge is 0.269 e. The summed E-state index contributed by atoms with van der Waals surface area (Å²) in [6.07, 6.45) is -0.609. The molecule has 43 heavy (non-hydrogen) atoms. The number of nitrogens with zero attached hydrogens (tertiary/aromatic N) is 4. The van der Waals surface area contributed by atoms with Crippen LogP contribution in [0.5, 0.6) is 0 Å². The molecule has 1 amide bonds. The predicted octanol–water partition coefficient (Wildman–Crippen LogP) is 7.06. The van der Waals surface area contributed by atoms with Crippen LogP contribution in [-0.4, -0.2) is 22.7 Å². The highest BCUT2D eigenvalue weighted by Gasteiger charge is 2.62. The van der Waals surface area contributed by atoms with Crippen LogP contribution < -0.4 is 10.6 Å². The van der Waals surface area contributed by atoms with Crippen LogP contribution in [0.2, 0.25) is 0 Å². The van der Waals surface area contributed by atoms with Crippen molar-refractivity contribution in [1.29, 1.82) is 0 Å². The Morgan fingerprint density at radius 1 is 0.674 bits per heavy atom. The molecule has 1 atom stereocenters. The van der Waals surface area contributed by atoms with Gasteiger partial charge in [0.15, 0.2) is 11.7 Å². The highest BCUT2D eigenvalue weighted by Crippen LogP contribution is 2.50. The quantitative estimate of drug-likeness (QED) is 0.241. The zero-order chi connectivity index (χ0) is 28.7. The number of guanidine groups is 2. The van der Waals surface area contributed by atoms with Crippen LogP contribution in [0.1, 0.15) is 28.4 Å². The number of hydrogen-bond donors (Lipinski definition) is 1. The summed E-state index contributed by atoms with van der Waals surface area (Å²) >= 11 is 0. The van der Waals surface area contributed by atoms with Gasteiger partial charge >= 0.3 is 0 Å². The number of anilines is 1. The zero-order valence-corrected chi connectivity index (χ0v) is 24.4. The van der Waals surface area contributed by atoms with E-state index in [1.165, 1.54) is 0 Å². The Labute approximate surface area is 257 Å². The number of amides is 1. The number of rotatable bonds is 5. The lowest BCUT2D eigenvalue weighted by molar-refractivity contribution is -0.124. The minimum atomic E-state index is -1.25. The van der Waals surface area contributed by atoms with Crippen molar-refractivity contribution in [3.63, 3.8) is 0 Å². The topological polar surface area (TPSA) is 74.3 Å². The lowest BCUT2D eigenvalue weighted by atomic mass is 9.80. The average Bonchev–Trinajstić information content (AvgIpc) is 3.30. The molecule has 2 heterocycles. The molecule has 212 valence electrons. The van der Waals surface area contributed by atoms with E-state index in [0.717, 1.165) is 39.1 Å². The molecule has 2 N–H and O–H groups in total. The molecule has 0 aromatic heterocycles. The predicted molar refractivity (Wildman–Crippen MR) is 175 cm³/mol. The molecule has 6 nitrogen and oxygen atoms in total. The molecular weight excluding hydrogens is 554 g/mol. The summed E-state index contributed by atoms with van der Waals surface area (Å²) in [6.45, 7) is 2.03. The Morgan fingerprint density at radius 3 is 1.74 bits per heavy atom. The van der Waals surface area contributed by atoms with Gasteiger partial charge in [0, 0.05) is 0 Å². The second-order valence-electron chi connectivity index (χ2n) is 10.5. The number of carbonyl (C=O) groups excluding carboxylic acids is 1. The molecule has 1 unspecified atom stereocenters. The maximum Gasteiger partial charge on any atom is 0.269 e. The maximum atomic E-state index is 15.1. The largest absolute Gasteiger partial charge is 0.368 e. The molecule has 7 rings (SSSR count). The molecule has 7 heteroatoms. The molecule has 5 aromatic carbocycles. The first-order valence-electron chi connectivity index (χ1n) is 14.0. The monoisotopic (exact) mass is 583 g/mol. The highest BCUT2D eigenvalue weighted by atomic mass is 35.5. The van der Waals surface area contributed by atoms with Crippen LogP contribution in [0, 0.1) is 6.92 Å². The summed E-state index contributed by atoms with van der Waals surface area (Å²) < 4.78 is 0. The second-order valence-corrected chi connectivity index (χ2v) is 10.5. The fourth-order valence-electron chi connectivity index (χ4n) is 6.00. The van der Waals surface area contributed by atoms with E-state index in [2.05, 4.69) is 36.4 Å². The third-order valence-electron chi connectivity index (χ3n) is 7.99. The molecule has 0 aliphatic carbocycles. The van der Waals surface area contributed by atoms with E-state index >= 15 is 4.79 Å². The molecule has 0 spiro atoms. The molecule has 0 saturated carbocycles. The van der Waals surface area contributed by atoms with E-state index in [9.17, 15) is 0 Å². The minimum Gasteiger partial charge on any atom is -0.368 e. The van der Waals surface area contributed by atoms with Crippen molar-refractivity contribution in [1.82, 2.24) is 4.90 Å². The standard InChI is InChI=1S/C36H29N5O.ClH/c1-25-17-23-31(24-18-25)40-33(42)36(29-13-7-3-8-14-29,30-15-9-4-10-16-30)41-32(38-34(37)39-35(40)41)28-21-19-27(20-22-28)26-11-5-2-6-12-26;/h2-24,32H,1H3,(H2,37,38);1H. The first kappa shape index (κ1) is 27.9. The number of aryl methyl sites for hydroxylation is 1. The number of benzene rings is 5. The summed E-state index contributed by atoms with van der Waals surface area (Å²) in [6, 6.07) is 46.2. The fraction of sp³-hybridized carbons (Fsp3) is 0.0833. The van der Waals surface area contributed by atoms with Gasteiger partial charge in [0.25, 0.3) is 5.91 Å². The van der Waals surface area contributed by atoms with E-state index in [1.807, 2.05) is 115 Å². The second kappa shape index (κ2) is 11.2. The third-order valence-corrected chi connectivity index (χ3v) is 7.99. The summed E-state index contributed by atoms with van der Waals surface area (Å²) in [7, 11) is 0. The summed E-state index contributed by atoms with van der Waals surface area (Å²) in [5, 5.41) is 0. The first-order valence-corrected chi connectivity index (χ1v) is 14.0. The number of fused-ring (bicyclic) bond motifs is 1. The van der Waals surface area contributed by atoms with Crippen LogP contribution in [0.3, 0.4) is 0 Å². The van der Waals surface area contributed by atoms with Gasteiger partial charge in [0.1, 0.15) is 0 Å². The Balaban J connectivity index is 0.00000329. The third kappa shape index (κ3) is 4.57. The highest BCUT2D eigenvalue weighted by molar-refractivity contribution is 6.28. The van der Waals surface area contributed by atoms with Gasteiger partial charge in [0.05, 0.1) is 5.69 Å². The van der Waals surface area contributed by atoms with Crippen LogP contribution >= 0.6 is 12.4 Å². The van der Waals surface area contributed by atoms with Gasteiger partial charge in [0.2, 0.25) is 11.9 Å². The van der Waals surface area contributed by atoms with Crippen molar-refractivity contribution in [2.24, 2.45) is 15.7 Å². The van der Waals surface area contributed by atoms with E-state index in [1.54, 1.807) is 4.90 Å². The average molecular weight is 584 g/mol. The van der Waals surface area contributed by atoms with Gasteiger partial charge in [-0.3, -0.25) is 9.69 Å². The Morgan fingerprint density at radius 2 is 1.19 bits per heavy atom. The molecule has 2 aliphatic rings. The normalized spacial score (nSPS) is 17.0. The molecule has 1 saturated heterocycles. The number of carbonyl (C=O) groups is 1. The fourth-order valence-corrected chi connectivity index (χ4v) is 6.00. The van der Waals surface area contributed by atoms with Gasteiger partial charge in [-0.1, -0.05) is 133 Å². The van der Waals surface area contributed by atoms with Crippen LogP contribution in [-0.2, 0) is 10.3 Å².